The number of nitrogens with zero attached hydrogens (tertiary/aromatic N) is 1. The number of carbonyl (C=O) groups excluding carboxylic acids is 1. The number of rotatable bonds is 5. The van der Waals surface area contributed by atoms with Gasteiger partial charge in [0.15, 0.2) is 4.77 Å². The lowest BCUT2D eigenvalue weighted by Crippen LogP contribution is -2.30. The van der Waals surface area contributed by atoms with Crippen LogP contribution in [0.5, 0.6) is 0 Å². The zero-order valence-electron chi connectivity index (χ0n) is 7.55. The Kier molecular flexibility index (Phi) is 6.65. The van der Waals surface area contributed by atoms with Crippen molar-refractivity contribution in [3.63, 3.8) is 0 Å². The summed E-state index contributed by atoms with van der Waals surface area (Å²) in [6.45, 7) is -0.238. The first-order chi connectivity index (χ1) is 6.72. The average Bonchev–Trinajstić information content (AvgIpc) is 2.00. The molecule has 0 saturated heterocycles. The summed E-state index contributed by atoms with van der Waals surface area (Å²) >= 11 is 7.26. The summed E-state index contributed by atoms with van der Waals surface area (Å²) in [5.74, 6) is 0. The lowest BCUT2D eigenvalue weighted by Gasteiger charge is -2.15. The van der Waals surface area contributed by atoms with Crippen LogP contribution in [0.4, 0.5) is 4.79 Å². The Morgan fingerprint density at radius 2 is 2.00 bits per heavy atom. The Hall–Kier alpha value is 0.0800. The Morgan fingerprint density at radius 1 is 1.47 bits per heavy atom. The number of ether oxygens (including phenoxy) is 1. The van der Waals surface area contributed by atoms with E-state index in [0.29, 0.717) is 0 Å². The molecule has 0 rings (SSSR count). The maximum atomic E-state index is 10.9. The van der Waals surface area contributed by atoms with Crippen molar-refractivity contribution < 1.29 is 29.1 Å². The van der Waals surface area contributed by atoms with Crippen molar-refractivity contribution in [1.29, 1.82) is 0 Å². The molecule has 0 heterocycles. The van der Waals surface area contributed by atoms with Crippen LogP contribution in [0.25, 0.3) is 0 Å². The van der Waals surface area contributed by atoms with Gasteiger partial charge in [-0.2, -0.15) is 5.06 Å². The highest BCUT2D eigenvalue weighted by molar-refractivity contribution is 7.98. The first-order valence-electron chi connectivity index (χ1n) is 3.80. The summed E-state index contributed by atoms with van der Waals surface area (Å²) in [5.41, 5.74) is 0. The molecule has 15 heavy (non-hydrogen) atoms. The molecular formula is C5H12NO6PS2. The van der Waals surface area contributed by atoms with Crippen molar-refractivity contribution in [3.05, 3.63) is 0 Å². The van der Waals surface area contributed by atoms with Gasteiger partial charge >= 0.3 is 13.7 Å². The molecule has 0 unspecified atom stereocenters. The van der Waals surface area contributed by atoms with Gasteiger partial charge in [-0.25, -0.2) is 4.79 Å². The molecule has 0 saturated carbocycles. The van der Waals surface area contributed by atoms with Crippen molar-refractivity contribution in [2.45, 2.75) is 11.2 Å². The molecule has 90 valence electrons. The monoisotopic (exact) mass is 277 g/mol. The molecule has 0 spiro atoms. The largest absolute Gasteiger partial charge is 0.435 e. The normalized spacial score (nSPS) is 11.6. The topological polar surface area (TPSA) is 107 Å². The smallest absolute Gasteiger partial charge is 0.424 e. The van der Waals surface area contributed by atoms with Crippen LogP contribution in [0, 0.1) is 0 Å². The second kappa shape index (κ2) is 6.62. The van der Waals surface area contributed by atoms with Gasteiger partial charge in [0.1, 0.15) is 0 Å². The van der Waals surface area contributed by atoms with E-state index in [0.717, 1.165) is 0 Å². The van der Waals surface area contributed by atoms with Gasteiger partial charge in [-0.3, -0.25) is 9.77 Å². The van der Waals surface area contributed by atoms with Gasteiger partial charge in [0.25, 0.3) is 0 Å². The van der Waals surface area contributed by atoms with Gasteiger partial charge in [0.05, 0.1) is 12.7 Å². The van der Waals surface area contributed by atoms with Crippen molar-refractivity contribution in [3.8, 4) is 0 Å². The van der Waals surface area contributed by atoms with Crippen molar-refractivity contribution >= 4 is 38.9 Å². The van der Waals surface area contributed by atoms with E-state index in [-0.39, 0.29) is 18.0 Å². The lowest BCUT2D eigenvalue weighted by molar-refractivity contribution is -0.0715. The van der Waals surface area contributed by atoms with E-state index in [4.69, 9.17) is 15.0 Å². The number of hydrogen-bond acceptors (Lipinski definition) is 6. The van der Waals surface area contributed by atoms with Crippen LogP contribution >= 0.6 is 32.9 Å². The Labute approximate surface area is 97.3 Å². The van der Waals surface area contributed by atoms with Crippen LogP contribution in [0.1, 0.15) is 6.42 Å². The highest BCUT2D eigenvalue weighted by Gasteiger charge is 2.17. The predicted molar refractivity (Wildman–Crippen MR) is 58.3 cm³/mol. The van der Waals surface area contributed by atoms with Crippen LogP contribution in [-0.2, 0) is 9.30 Å². The minimum atomic E-state index is -4.10. The quantitative estimate of drug-likeness (QED) is 0.165. The number of carbonyl (C=O) groups is 1. The molecular weight excluding hydrogens is 265 g/mol. The van der Waals surface area contributed by atoms with Gasteiger partial charge < -0.3 is 14.5 Å². The molecule has 0 bridgehead atoms. The fraction of sp³-hybridized carbons (Fsp3) is 0.800. The third-order valence-corrected chi connectivity index (χ3v) is 2.35. The summed E-state index contributed by atoms with van der Waals surface area (Å²) in [4.78, 5) is 27.8. The molecule has 7 nitrogen and oxygen atoms in total. The van der Waals surface area contributed by atoms with Gasteiger partial charge in [0.2, 0.25) is 0 Å². The van der Waals surface area contributed by atoms with Crippen LogP contribution < -0.4 is 0 Å². The number of hydroxylamine groups is 2. The highest BCUT2D eigenvalue weighted by Crippen LogP contribution is 2.34. The van der Waals surface area contributed by atoms with Gasteiger partial charge in [0, 0.05) is 0 Å². The van der Waals surface area contributed by atoms with Crippen LogP contribution in [0.15, 0.2) is 0 Å². The molecule has 0 aromatic heterocycles. The highest BCUT2D eigenvalue weighted by atomic mass is 32.2. The zero-order chi connectivity index (χ0) is 12.1. The lowest BCUT2D eigenvalue weighted by atomic mass is 10.5. The molecule has 0 aromatic carbocycles. The summed E-state index contributed by atoms with van der Waals surface area (Å²) in [5, 5.41) is 9.20. The van der Waals surface area contributed by atoms with E-state index < -0.39 is 24.6 Å². The van der Waals surface area contributed by atoms with Crippen LogP contribution in [0.2, 0.25) is 0 Å². The van der Waals surface area contributed by atoms with Gasteiger partial charge in [-0.05, 0) is 6.42 Å². The fourth-order valence-electron chi connectivity index (χ4n) is 0.669. The fourth-order valence-corrected chi connectivity index (χ4v) is 1.40. The maximum absolute atomic E-state index is 10.9. The third kappa shape index (κ3) is 9.04. The second-order valence-corrected chi connectivity index (χ2v) is 5.70. The predicted octanol–water partition coefficient (Wildman–Crippen LogP) is 0.525. The number of amides is 1. The van der Waals surface area contributed by atoms with Crippen molar-refractivity contribution in [2.75, 3.05) is 12.7 Å². The maximum Gasteiger partial charge on any atom is 0.435 e. The van der Waals surface area contributed by atoms with Crippen LogP contribution in [-0.4, -0.2) is 43.6 Å². The minimum absolute atomic E-state index is 0.0420. The van der Waals surface area contributed by atoms with E-state index in [1.807, 2.05) is 0 Å². The Balaban J connectivity index is 3.79. The molecule has 0 aliphatic heterocycles. The SMILES string of the molecule is O=C(OC(S)S)N(O)CCCP(=O)(O)O. The summed E-state index contributed by atoms with van der Waals surface area (Å²) in [6, 6.07) is 0. The Bertz CT molecular complexity index is 256. The summed E-state index contributed by atoms with van der Waals surface area (Å²) in [7, 11) is -4.10. The van der Waals surface area contributed by atoms with Crippen LogP contribution in [0.3, 0.4) is 0 Å². The van der Waals surface area contributed by atoms with E-state index in [9.17, 15) is 9.36 Å². The van der Waals surface area contributed by atoms with Crippen molar-refractivity contribution in [2.24, 2.45) is 0 Å². The molecule has 0 radical (unpaired) electrons. The van der Waals surface area contributed by atoms with Gasteiger partial charge in [-0.1, -0.05) is 0 Å². The van der Waals surface area contributed by atoms with E-state index in [1.165, 1.54) is 0 Å². The molecule has 0 atom stereocenters. The molecule has 0 fully saturated rings. The molecule has 1 amide bonds. The zero-order valence-corrected chi connectivity index (χ0v) is 10.2. The van der Waals surface area contributed by atoms with E-state index >= 15 is 0 Å². The van der Waals surface area contributed by atoms with E-state index in [1.54, 1.807) is 0 Å². The molecule has 3 N–H and O–H groups in total. The molecule has 0 aliphatic rings. The standard InChI is InChI=1S/C5H12NO6PS2/c7-4(12-5(14)15)6(8)2-1-3-13(9,10)11/h5,8,14-15H,1-3H2,(H2,9,10,11). The first-order valence-corrected chi connectivity index (χ1v) is 6.63. The second-order valence-electron chi connectivity index (χ2n) is 2.58. The molecule has 0 aliphatic carbocycles. The summed E-state index contributed by atoms with van der Waals surface area (Å²) in [6.07, 6.45) is -1.53. The van der Waals surface area contributed by atoms with Crippen molar-refractivity contribution in [1.82, 2.24) is 5.06 Å². The average molecular weight is 277 g/mol. The number of hydrogen-bond donors (Lipinski definition) is 5. The molecule has 10 heteroatoms. The van der Waals surface area contributed by atoms with Gasteiger partial charge in [-0.15, -0.1) is 25.3 Å². The third-order valence-electron chi connectivity index (χ3n) is 1.24. The first kappa shape index (κ1) is 15.1. The number of thiol groups is 2. The van der Waals surface area contributed by atoms with E-state index in [2.05, 4.69) is 30.0 Å². The minimum Gasteiger partial charge on any atom is -0.424 e. The Morgan fingerprint density at radius 3 is 2.40 bits per heavy atom. The molecule has 0 aromatic rings. The summed E-state index contributed by atoms with van der Waals surface area (Å²) < 4.78 is 13.8.